The highest BCUT2D eigenvalue weighted by molar-refractivity contribution is 9.10. The van der Waals surface area contributed by atoms with Gasteiger partial charge < -0.3 is 0 Å². The molecule has 23 heavy (non-hydrogen) atoms. The first-order valence-corrected chi connectivity index (χ1v) is 8.16. The monoisotopic (exact) mass is 437 g/mol. The Morgan fingerprint density at radius 3 is 2.43 bits per heavy atom. The summed E-state index contributed by atoms with van der Waals surface area (Å²) in [6, 6.07) is 16.0. The third-order valence-electron chi connectivity index (χ3n) is 4.02. The van der Waals surface area contributed by atoms with Gasteiger partial charge in [0.05, 0.1) is 7.05 Å². The van der Waals surface area contributed by atoms with Gasteiger partial charge in [-0.2, -0.15) is 0 Å². The summed E-state index contributed by atoms with van der Waals surface area (Å²) in [5.74, 6) is 0.115. The Hall–Kier alpha value is -1.46. The molecule has 0 atom stereocenters. The molecule has 0 aliphatic heterocycles. The van der Waals surface area contributed by atoms with Crippen LogP contribution in [0.3, 0.4) is 0 Å². The molecule has 3 nitrogen and oxygen atoms in total. The number of aromatic nitrogens is 2. The van der Waals surface area contributed by atoms with Crippen LogP contribution >= 0.6 is 32.9 Å². The summed E-state index contributed by atoms with van der Waals surface area (Å²) >= 11 is 3.59. The SMILES string of the molecule is Br.CCc1ccc(C(=O)Cn2c(Br)[n+](C)c3ccccc32)cc1. The van der Waals surface area contributed by atoms with Crippen LogP contribution in [0.1, 0.15) is 22.8 Å². The summed E-state index contributed by atoms with van der Waals surface area (Å²) in [5, 5.41) is 0. The van der Waals surface area contributed by atoms with Gasteiger partial charge in [-0.3, -0.25) is 4.79 Å². The highest BCUT2D eigenvalue weighted by atomic mass is 79.9. The summed E-state index contributed by atoms with van der Waals surface area (Å²) in [5.41, 5.74) is 4.15. The second-order valence-corrected chi connectivity index (χ2v) is 6.09. The van der Waals surface area contributed by atoms with E-state index in [9.17, 15) is 4.79 Å². The first-order chi connectivity index (χ1) is 10.6. The summed E-state index contributed by atoms with van der Waals surface area (Å²) in [6.45, 7) is 2.44. The average Bonchev–Trinajstić information content (AvgIpc) is 2.80. The quantitative estimate of drug-likeness (QED) is 0.441. The number of Topliss-reactive ketones (excluding diaryl/α,β-unsaturated/α-hetero) is 1. The third-order valence-corrected chi connectivity index (χ3v) is 4.98. The van der Waals surface area contributed by atoms with Crippen LogP contribution in [0.2, 0.25) is 0 Å². The summed E-state index contributed by atoms with van der Waals surface area (Å²) in [7, 11) is 1.99. The van der Waals surface area contributed by atoms with Crippen LogP contribution < -0.4 is 4.57 Å². The van der Waals surface area contributed by atoms with Crippen molar-refractivity contribution in [3.8, 4) is 0 Å². The van der Waals surface area contributed by atoms with Gasteiger partial charge in [-0.1, -0.05) is 43.3 Å². The van der Waals surface area contributed by atoms with Gasteiger partial charge in [-0.15, -0.1) is 17.0 Å². The number of para-hydroxylation sites is 2. The Bertz CT molecular complexity index is 838. The van der Waals surface area contributed by atoms with Crippen LogP contribution in [0.5, 0.6) is 0 Å². The second kappa shape index (κ2) is 7.41. The normalized spacial score (nSPS) is 10.6. The van der Waals surface area contributed by atoms with Crippen molar-refractivity contribution in [3.05, 3.63) is 64.4 Å². The minimum atomic E-state index is 0. The van der Waals surface area contributed by atoms with E-state index in [-0.39, 0.29) is 22.8 Å². The molecule has 0 saturated carbocycles. The number of aryl methyl sites for hydroxylation is 2. The molecule has 0 bridgehead atoms. The molecule has 0 unspecified atom stereocenters. The number of carbonyl (C=O) groups excluding carboxylic acids is 1. The number of fused-ring (bicyclic) bond motifs is 1. The lowest BCUT2D eigenvalue weighted by atomic mass is 10.1. The molecule has 0 saturated heterocycles. The van der Waals surface area contributed by atoms with Crippen LogP contribution in [0.4, 0.5) is 0 Å². The first-order valence-electron chi connectivity index (χ1n) is 7.36. The van der Waals surface area contributed by atoms with Crippen molar-refractivity contribution >= 4 is 49.7 Å². The molecule has 2 aromatic carbocycles. The van der Waals surface area contributed by atoms with Gasteiger partial charge in [0, 0.05) is 21.5 Å². The zero-order valence-electron chi connectivity index (χ0n) is 13.1. The number of nitrogens with zero attached hydrogens (tertiary/aromatic N) is 2. The third kappa shape index (κ3) is 3.40. The molecule has 5 heteroatoms. The van der Waals surface area contributed by atoms with E-state index in [1.54, 1.807) is 0 Å². The minimum absolute atomic E-state index is 0. The second-order valence-electron chi connectivity index (χ2n) is 5.38. The summed E-state index contributed by atoms with van der Waals surface area (Å²) < 4.78 is 4.95. The van der Waals surface area contributed by atoms with Crippen LogP contribution in [0, 0.1) is 0 Å². The van der Waals surface area contributed by atoms with Gasteiger partial charge in [0.15, 0.2) is 17.6 Å². The Morgan fingerprint density at radius 1 is 1.13 bits per heavy atom. The van der Waals surface area contributed by atoms with Gasteiger partial charge in [0.2, 0.25) is 5.78 Å². The molecular weight excluding hydrogens is 420 g/mol. The molecule has 0 fully saturated rings. The van der Waals surface area contributed by atoms with E-state index in [0.29, 0.717) is 6.54 Å². The smallest absolute Gasteiger partial charge is 0.290 e. The molecular formula is C18H19Br2N2O+. The molecule has 0 aliphatic rings. The number of benzene rings is 2. The van der Waals surface area contributed by atoms with E-state index in [1.807, 2.05) is 58.6 Å². The first kappa shape index (κ1) is 17.9. The molecule has 0 N–H and O–H groups in total. The standard InChI is InChI=1S/C18H18BrN2O.BrH/c1-3-13-8-10-14(11-9-13)17(22)12-21-16-7-5-4-6-15(16)20(2)18(21)19;/h4-11H,3,12H2,1-2H3;1H/q+1;. The highest BCUT2D eigenvalue weighted by Gasteiger charge is 2.22. The highest BCUT2D eigenvalue weighted by Crippen LogP contribution is 2.19. The summed E-state index contributed by atoms with van der Waals surface area (Å²) in [4.78, 5) is 12.6. The van der Waals surface area contributed by atoms with Crippen molar-refractivity contribution in [2.75, 3.05) is 0 Å². The number of hydrogen-bond donors (Lipinski definition) is 0. The lowest BCUT2D eigenvalue weighted by Gasteiger charge is -2.02. The largest absolute Gasteiger partial charge is 0.326 e. The predicted molar refractivity (Wildman–Crippen MR) is 101 cm³/mol. The zero-order chi connectivity index (χ0) is 15.7. The van der Waals surface area contributed by atoms with Crippen molar-refractivity contribution in [2.24, 2.45) is 7.05 Å². The Morgan fingerprint density at radius 2 is 1.78 bits per heavy atom. The lowest BCUT2D eigenvalue weighted by Crippen LogP contribution is -2.29. The average molecular weight is 439 g/mol. The molecule has 0 aliphatic carbocycles. The number of hydrogen-bond acceptors (Lipinski definition) is 1. The van der Waals surface area contributed by atoms with Crippen LogP contribution in [0.25, 0.3) is 11.0 Å². The number of carbonyl (C=O) groups is 1. The fraction of sp³-hybridized carbons (Fsp3) is 0.222. The van der Waals surface area contributed by atoms with Crippen LogP contribution in [-0.2, 0) is 20.0 Å². The lowest BCUT2D eigenvalue weighted by molar-refractivity contribution is -0.657. The molecule has 1 aromatic heterocycles. The molecule has 0 radical (unpaired) electrons. The molecule has 0 amide bonds. The summed E-state index contributed by atoms with van der Waals surface area (Å²) in [6.07, 6.45) is 0.984. The van der Waals surface area contributed by atoms with E-state index < -0.39 is 0 Å². The van der Waals surface area contributed by atoms with Gasteiger partial charge in [-0.05, 0) is 24.1 Å². The van der Waals surface area contributed by atoms with E-state index >= 15 is 0 Å². The fourth-order valence-electron chi connectivity index (χ4n) is 2.67. The van der Waals surface area contributed by atoms with Gasteiger partial charge in [0.25, 0.3) is 0 Å². The maximum Gasteiger partial charge on any atom is 0.326 e. The Kier molecular flexibility index (Phi) is 5.76. The number of ketones is 1. The van der Waals surface area contributed by atoms with Crippen molar-refractivity contribution in [1.82, 2.24) is 4.57 Å². The molecule has 3 aromatic rings. The van der Waals surface area contributed by atoms with Crippen molar-refractivity contribution in [3.63, 3.8) is 0 Å². The Balaban J connectivity index is 0.00000192. The Labute approximate surface area is 154 Å². The van der Waals surface area contributed by atoms with E-state index in [0.717, 1.165) is 27.8 Å². The number of rotatable bonds is 4. The maximum absolute atomic E-state index is 12.6. The fourth-order valence-corrected chi connectivity index (χ4v) is 3.17. The van der Waals surface area contributed by atoms with Gasteiger partial charge >= 0.3 is 4.73 Å². The molecule has 3 rings (SSSR count). The van der Waals surface area contributed by atoms with Crippen molar-refractivity contribution in [2.45, 2.75) is 19.9 Å². The van der Waals surface area contributed by atoms with Crippen LogP contribution in [-0.4, -0.2) is 10.4 Å². The maximum atomic E-state index is 12.6. The number of halogens is 2. The molecule has 0 spiro atoms. The van der Waals surface area contributed by atoms with E-state index in [1.165, 1.54) is 5.56 Å². The van der Waals surface area contributed by atoms with Gasteiger partial charge in [-0.25, -0.2) is 9.13 Å². The van der Waals surface area contributed by atoms with Crippen molar-refractivity contribution in [1.29, 1.82) is 0 Å². The van der Waals surface area contributed by atoms with E-state index in [4.69, 9.17) is 0 Å². The predicted octanol–water partition coefficient (Wildman–Crippen LogP) is 4.25. The van der Waals surface area contributed by atoms with Gasteiger partial charge in [0.1, 0.15) is 0 Å². The van der Waals surface area contributed by atoms with E-state index in [2.05, 4.69) is 28.9 Å². The van der Waals surface area contributed by atoms with Crippen LogP contribution in [0.15, 0.2) is 53.3 Å². The van der Waals surface area contributed by atoms with Crippen molar-refractivity contribution < 1.29 is 9.36 Å². The molecule has 1 heterocycles. The topological polar surface area (TPSA) is 25.9 Å². The zero-order valence-corrected chi connectivity index (χ0v) is 16.4. The molecule has 120 valence electrons. The number of imidazole rings is 1. The minimum Gasteiger partial charge on any atom is -0.290 e.